The fourth-order valence-electron chi connectivity index (χ4n) is 1.51. The van der Waals surface area contributed by atoms with Crippen LogP contribution in [0.3, 0.4) is 0 Å². The van der Waals surface area contributed by atoms with Crippen LogP contribution in [-0.4, -0.2) is 47.3 Å². The van der Waals surface area contributed by atoms with Crippen molar-refractivity contribution in [1.82, 2.24) is 0 Å². The van der Waals surface area contributed by atoms with Gasteiger partial charge in [0.1, 0.15) is 0 Å². The molecule has 0 aliphatic carbocycles. The second-order valence-corrected chi connectivity index (χ2v) is 3.04. The highest BCUT2D eigenvalue weighted by Gasteiger charge is 2.28. The first kappa shape index (κ1) is 12.8. The van der Waals surface area contributed by atoms with Crippen LogP contribution in [0.2, 0.25) is 0 Å². The lowest BCUT2D eigenvalue weighted by Gasteiger charge is -2.32. The van der Waals surface area contributed by atoms with Crippen molar-refractivity contribution in [2.24, 2.45) is 0 Å². The summed E-state index contributed by atoms with van der Waals surface area (Å²) in [5.41, 5.74) is -0.549. The summed E-state index contributed by atoms with van der Waals surface area (Å²) in [5, 5.41) is 26.5. The van der Waals surface area contributed by atoms with E-state index in [-0.39, 0.29) is 19.8 Å². The van der Waals surface area contributed by atoms with Gasteiger partial charge < -0.3 is 20.1 Å². The van der Waals surface area contributed by atoms with Crippen LogP contribution in [0.4, 0.5) is 0 Å². The molecular weight excluding hydrogens is 172 g/mol. The molecule has 0 rings (SSSR count). The third-order valence-electron chi connectivity index (χ3n) is 2.15. The zero-order valence-corrected chi connectivity index (χ0v) is 8.20. The molecule has 0 saturated carbocycles. The van der Waals surface area contributed by atoms with Crippen molar-refractivity contribution >= 4 is 0 Å². The van der Waals surface area contributed by atoms with Crippen molar-refractivity contribution in [3.05, 3.63) is 0 Å². The zero-order valence-electron chi connectivity index (χ0n) is 8.20. The van der Waals surface area contributed by atoms with E-state index in [0.717, 1.165) is 0 Å². The van der Waals surface area contributed by atoms with Gasteiger partial charge in [0, 0.05) is 26.4 Å². The molecular formula is C9H20O4. The molecule has 0 bridgehead atoms. The average Bonchev–Trinajstić information content (AvgIpc) is 2.06. The minimum atomic E-state index is -0.549. The van der Waals surface area contributed by atoms with Crippen molar-refractivity contribution < 1.29 is 20.1 Å². The van der Waals surface area contributed by atoms with Gasteiger partial charge in [-0.15, -0.1) is 0 Å². The molecule has 4 nitrogen and oxygen atoms in total. The summed E-state index contributed by atoms with van der Waals surface area (Å²) in [6.45, 7) is 2.43. The molecule has 13 heavy (non-hydrogen) atoms. The summed E-state index contributed by atoms with van der Waals surface area (Å²) < 4.78 is 5.47. The minimum Gasteiger partial charge on any atom is -0.396 e. The maximum absolute atomic E-state index is 8.84. The van der Waals surface area contributed by atoms with Crippen molar-refractivity contribution in [1.29, 1.82) is 0 Å². The molecule has 0 atom stereocenters. The molecule has 0 heterocycles. The Balaban J connectivity index is 4.19. The molecule has 0 aliphatic heterocycles. The van der Waals surface area contributed by atoms with E-state index in [9.17, 15) is 0 Å². The molecule has 0 unspecified atom stereocenters. The van der Waals surface area contributed by atoms with Gasteiger partial charge >= 0.3 is 0 Å². The van der Waals surface area contributed by atoms with Crippen molar-refractivity contribution in [3.8, 4) is 0 Å². The molecule has 0 amide bonds. The zero-order chi connectivity index (χ0) is 10.2. The van der Waals surface area contributed by atoms with Crippen LogP contribution in [0.15, 0.2) is 0 Å². The van der Waals surface area contributed by atoms with E-state index in [1.807, 2.05) is 6.92 Å². The Labute approximate surface area is 79.2 Å². The predicted molar refractivity (Wildman–Crippen MR) is 49.5 cm³/mol. The molecule has 0 aromatic heterocycles. The molecule has 80 valence electrons. The summed E-state index contributed by atoms with van der Waals surface area (Å²) in [7, 11) is 0. The molecule has 3 N–H and O–H groups in total. The Morgan fingerprint density at radius 1 is 0.923 bits per heavy atom. The average molecular weight is 192 g/mol. The Morgan fingerprint density at radius 3 is 1.54 bits per heavy atom. The molecule has 0 radical (unpaired) electrons. The van der Waals surface area contributed by atoms with Gasteiger partial charge in [0.2, 0.25) is 0 Å². The van der Waals surface area contributed by atoms with E-state index in [0.29, 0.717) is 25.9 Å². The summed E-state index contributed by atoms with van der Waals surface area (Å²) in [5.74, 6) is 0. The Morgan fingerprint density at radius 2 is 1.31 bits per heavy atom. The largest absolute Gasteiger partial charge is 0.396 e. The van der Waals surface area contributed by atoms with Gasteiger partial charge in [-0.25, -0.2) is 0 Å². The molecule has 0 aromatic carbocycles. The number of ether oxygens (including phenoxy) is 1. The third-order valence-corrected chi connectivity index (χ3v) is 2.15. The third kappa shape index (κ3) is 4.57. The van der Waals surface area contributed by atoms with E-state index in [1.54, 1.807) is 0 Å². The quantitative estimate of drug-likeness (QED) is 0.502. The van der Waals surface area contributed by atoms with Gasteiger partial charge in [0.25, 0.3) is 0 Å². The van der Waals surface area contributed by atoms with Crippen molar-refractivity contribution in [2.45, 2.75) is 31.8 Å². The SMILES string of the molecule is CCOC(CCO)(CCO)CCO. The summed E-state index contributed by atoms with van der Waals surface area (Å²) in [6, 6.07) is 0. The predicted octanol–water partition coefficient (Wildman–Crippen LogP) is -0.0911. The van der Waals surface area contributed by atoms with Crippen LogP contribution in [0.5, 0.6) is 0 Å². The van der Waals surface area contributed by atoms with E-state index < -0.39 is 5.60 Å². The first-order valence-electron chi connectivity index (χ1n) is 4.71. The van der Waals surface area contributed by atoms with Crippen molar-refractivity contribution in [3.63, 3.8) is 0 Å². The van der Waals surface area contributed by atoms with Crippen LogP contribution in [0.25, 0.3) is 0 Å². The summed E-state index contributed by atoms with van der Waals surface area (Å²) >= 11 is 0. The Bertz CT molecular complexity index is 86.7. The van der Waals surface area contributed by atoms with Gasteiger partial charge in [-0.05, 0) is 26.2 Å². The Hall–Kier alpha value is -0.160. The van der Waals surface area contributed by atoms with Gasteiger partial charge in [0.05, 0.1) is 5.60 Å². The van der Waals surface area contributed by atoms with Gasteiger partial charge in [0.15, 0.2) is 0 Å². The van der Waals surface area contributed by atoms with Gasteiger partial charge in [-0.2, -0.15) is 0 Å². The minimum absolute atomic E-state index is 0.0139. The summed E-state index contributed by atoms with van der Waals surface area (Å²) in [4.78, 5) is 0. The lowest BCUT2D eigenvalue weighted by atomic mass is 9.92. The topological polar surface area (TPSA) is 69.9 Å². The lowest BCUT2D eigenvalue weighted by Crippen LogP contribution is -2.36. The number of hydrogen-bond donors (Lipinski definition) is 3. The second-order valence-electron chi connectivity index (χ2n) is 3.04. The Kier molecular flexibility index (Phi) is 7.17. The van der Waals surface area contributed by atoms with E-state index in [1.165, 1.54) is 0 Å². The molecule has 4 heteroatoms. The highest BCUT2D eigenvalue weighted by Crippen LogP contribution is 2.24. The standard InChI is InChI=1S/C9H20O4/c1-2-13-9(3-6-10,4-7-11)5-8-12/h10-12H,2-8H2,1H3. The molecule has 0 spiro atoms. The highest BCUT2D eigenvalue weighted by atomic mass is 16.5. The van der Waals surface area contributed by atoms with Crippen LogP contribution in [0, 0.1) is 0 Å². The molecule has 0 aromatic rings. The number of aliphatic hydroxyl groups excluding tert-OH is 3. The smallest absolute Gasteiger partial charge is 0.0747 e. The van der Waals surface area contributed by atoms with Crippen LogP contribution >= 0.6 is 0 Å². The highest BCUT2D eigenvalue weighted by molar-refractivity contribution is 4.80. The van der Waals surface area contributed by atoms with E-state index in [2.05, 4.69) is 0 Å². The van der Waals surface area contributed by atoms with Gasteiger partial charge in [-0.3, -0.25) is 0 Å². The van der Waals surface area contributed by atoms with E-state index in [4.69, 9.17) is 20.1 Å². The number of aliphatic hydroxyl groups is 3. The molecule has 0 aliphatic rings. The maximum Gasteiger partial charge on any atom is 0.0747 e. The van der Waals surface area contributed by atoms with Crippen molar-refractivity contribution in [2.75, 3.05) is 26.4 Å². The van der Waals surface area contributed by atoms with Crippen LogP contribution in [0.1, 0.15) is 26.2 Å². The number of rotatable bonds is 8. The fraction of sp³-hybridized carbons (Fsp3) is 1.00. The maximum atomic E-state index is 8.84. The first-order valence-corrected chi connectivity index (χ1v) is 4.71. The summed E-state index contributed by atoms with van der Waals surface area (Å²) in [6.07, 6.45) is 1.38. The second kappa shape index (κ2) is 7.26. The normalized spacial score (nSPS) is 12.0. The first-order chi connectivity index (χ1) is 6.24. The number of hydrogen-bond acceptors (Lipinski definition) is 4. The lowest BCUT2D eigenvalue weighted by molar-refractivity contribution is -0.0804. The molecule has 0 saturated heterocycles. The monoisotopic (exact) mass is 192 g/mol. The molecule has 0 fully saturated rings. The van der Waals surface area contributed by atoms with Crippen LogP contribution < -0.4 is 0 Å². The van der Waals surface area contributed by atoms with Crippen LogP contribution in [-0.2, 0) is 4.74 Å². The fourth-order valence-corrected chi connectivity index (χ4v) is 1.51. The van der Waals surface area contributed by atoms with E-state index >= 15 is 0 Å². The van der Waals surface area contributed by atoms with Gasteiger partial charge in [-0.1, -0.05) is 0 Å².